The van der Waals surface area contributed by atoms with Crippen LogP contribution in [0.15, 0.2) is 103 Å². The molecule has 0 spiro atoms. The number of halogens is 3. The highest BCUT2D eigenvalue weighted by Gasteiger charge is 2.37. The quantitative estimate of drug-likeness (QED) is 0.103. The van der Waals surface area contributed by atoms with E-state index in [0.717, 1.165) is 16.5 Å². The number of pyridine rings is 1. The van der Waals surface area contributed by atoms with Crippen molar-refractivity contribution < 1.29 is 9.59 Å². The van der Waals surface area contributed by atoms with E-state index < -0.39 is 27.8 Å². The van der Waals surface area contributed by atoms with Crippen molar-refractivity contribution in [3.8, 4) is 0 Å². The fourth-order valence-corrected chi connectivity index (χ4v) is 4.67. The smallest absolute Gasteiger partial charge is 0.250 e. The van der Waals surface area contributed by atoms with Gasteiger partial charge in [0.1, 0.15) is 6.17 Å². The summed E-state index contributed by atoms with van der Waals surface area (Å²) in [5.74, 6) is -1.06. The number of fused-ring (bicyclic) bond motifs is 1. The highest BCUT2D eigenvalue weighted by atomic mass is 35.6. The molecule has 1 aromatic heterocycles. The van der Waals surface area contributed by atoms with Crippen LogP contribution in [0.4, 0.5) is 5.69 Å². The Hall–Kier alpha value is -3.53. The van der Waals surface area contributed by atoms with E-state index in [1.807, 2.05) is 72.8 Å². The van der Waals surface area contributed by atoms with E-state index in [2.05, 4.69) is 15.6 Å². The van der Waals surface area contributed by atoms with Crippen LogP contribution in [0.2, 0.25) is 0 Å². The van der Waals surface area contributed by atoms with Gasteiger partial charge >= 0.3 is 0 Å². The van der Waals surface area contributed by atoms with Gasteiger partial charge in [-0.3, -0.25) is 19.5 Å². The summed E-state index contributed by atoms with van der Waals surface area (Å²) in [5.41, 5.74) is 8.99. The maximum atomic E-state index is 13.9. The van der Waals surface area contributed by atoms with E-state index in [1.165, 1.54) is 11.0 Å². The zero-order chi connectivity index (χ0) is 29.4. The first-order chi connectivity index (χ1) is 19.6. The highest BCUT2D eigenvalue weighted by Crippen LogP contribution is 2.30. The average Bonchev–Trinajstić information content (AvgIpc) is 2.96. The molecule has 0 saturated carbocycles. The zero-order valence-electron chi connectivity index (χ0n) is 21.6. The molecule has 4 aromatic rings. The Morgan fingerprint density at radius 2 is 1.59 bits per heavy atom. The predicted molar refractivity (Wildman–Crippen MR) is 171 cm³/mol. The van der Waals surface area contributed by atoms with Crippen LogP contribution in [-0.4, -0.2) is 37.9 Å². The van der Waals surface area contributed by atoms with Crippen molar-refractivity contribution in [3.63, 3.8) is 0 Å². The summed E-state index contributed by atoms with van der Waals surface area (Å²) in [7, 11) is 0. The topological polar surface area (TPSA) is 100 Å². The second-order valence-corrected chi connectivity index (χ2v) is 11.8. The molecule has 2 atom stereocenters. The molecule has 4 N–H and O–H groups in total. The van der Waals surface area contributed by atoms with E-state index in [4.69, 9.17) is 52.8 Å². The lowest BCUT2D eigenvalue weighted by Gasteiger charge is -2.32. The molecule has 1 unspecified atom stereocenters. The molecule has 0 fully saturated rings. The summed E-state index contributed by atoms with van der Waals surface area (Å²) in [6.07, 6.45) is 3.47. The van der Waals surface area contributed by atoms with Crippen LogP contribution < -0.4 is 21.3 Å². The number of para-hydroxylation sites is 1. The number of rotatable bonds is 8. The molecule has 0 radical (unpaired) electrons. The van der Waals surface area contributed by atoms with Gasteiger partial charge in [-0.05, 0) is 48.0 Å². The van der Waals surface area contributed by atoms with Crippen molar-refractivity contribution in [1.29, 1.82) is 0 Å². The number of alkyl halides is 3. The number of anilines is 1. The number of hydrogen-bond acceptors (Lipinski definition) is 5. The van der Waals surface area contributed by atoms with Crippen molar-refractivity contribution >= 4 is 86.6 Å². The fraction of sp³-hybridized carbons (Fsp3) is 0.133. The SMILES string of the molecule is N[C@@H](Cc1ccccc1)C(=O)N(C(=S)NC(NC(=O)/C=C/c1ccccc1)C(Cl)(Cl)Cl)c1cccc2cccnc12. The van der Waals surface area contributed by atoms with Gasteiger partial charge < -0.3 is 16.4 Å². The van der Waals surface area contributed by atoms with Crippen LogP contribution in [0.1, 0.15) is 11.1 Å². The van der Waals surface area contributed by atoms with Crippen LogP contribution in [-0.2, 0) is 16.0 Å². The number of carbonyl (C=O) groups is 2. The van der Waals surface area contributed by atoms with Gasteiger partial charge in [-0.15, -0.1) is 0 Å². The summed E-state index contributed by atoms with van der Waals surface area (Å²) >= 11 is 24.4. The molecule has 0 aliphatic carbocycles. The van der Waals surface area contributed by atoms with Crippen LogP contribution >= 0.6 is 47.0 Å². The van der Waals surface area contributed by atoms with Crippen LogP contribution in [0, 0.1) is 0 Å². The van der Waals surface area contributed by atoms with Gasteiger partial charge in [-0.2, -0.15) is 0 Å². The van der Waals surface area contributed by atoms with Gasteiger partial charge in [0.05, 0.1) is 17.2 Å². The van der Waals surface area contributed by atoms with Gasteiger partial charge in [0.25, 0.3) is 5.91 Å². The molecule has 210 valence electrons. The first kappa shape index (κ1) is 30.4. The Balaban J connectivity index is 1.63. The number of thiocarbonyl (C=S) groups is 1. The first-order valence-electron chi connectivity index (χ1n) is 12.5. The summed E-state index contributed by atoms with van der Waals surface area (Å²) in [4.78, 5) is 32.3. The third-order valence-corrected chi connectivity index (χ3v) is 6.95. The van der Waals surface area contributed by atoms with Crippen molar-refractivity contribution in [2.24, 2.45) is 5.73 Å². The van der Waals surface area contributed by atoms with E-state index in [-0.39, 0.29) is 11.5 Å². The molecule has 1 heterocycles. The van der Waals surface area contributed by atoms with E-state index in [9.17, 15) is 9.59 Å². The molecule has 0 bridgehead atoms. The standard InChI is InChI=1S/C30H26Cl3N5O2S/c31-30(32,33)28(36-25(39)17-16-20-9-3-1-4-10-20)37-29(41)38(24-15-7-13-22-14-8-18-35-26(22)24)27(40)23(34)19-21-11-5-2-6-12-21/h1-18,23,28H,19,34H2,(H,36,39)(H,37,41)/b17-16+/t23-,28?/m0/s1. The Labute approximate surface area is 258 Å². The number of nitrogens with one attached hydrogen (secondary N) is 2. The maximum absolute atomic E-state index is 13.9. The minimum atomic E-state index is -2.04. The first-order valence-corrected chi connectivity index (χ1v) is 14.1. The normalized spacial score (nSPS) is 13.0. The predicted octanol–water partition coefficient (Wildman–Crippen LogP) is 5.54. The number of hydrogen-bond donors (Lipinski definition) is 3. The number of amides is 2. The van der Waals surface area contributed by atoms with Crippen LogP contribution in [0.3, 0.4) is 0 Å². The Morgan fingerprint density at radius 3 is 2.27 bits per heavy atom. The van der Waals surface area contributed by atoms with Crippen molar-refractivity contribution in [3.05, 3.63) is 114 Å². The van der Waals surface area contributed by atoms with Gasteiger partial charge in [0.15, 0.2) is 5.11 Å². The third-order valence-electron chi connectivity index (χ3n) is 6.00. The van der Waals surface area contributed by atoms with Crippen LogP contribution in [0.25, 0.3) is 17.0 Å². The summed E-state index contributed by atoms with van der Waals surface area (Å²) < 4.78 is -2.04. The van der Waals surface area contributed by atoms with Gasteiger partial charge in [0, 0.05) is 17.7 Å². The number of benzene rings is 3. The largest absolute Gasteiger partial charge is 0.338 e. The average molecular weight is 627 g/mol. The Kier molecular flexibility index (Phi) is 10.3. The molecule has 7 nitrogen and oxygen atoms in total. The van der Waals surface area contributed by atoms with Crippen molar-refractivity contribution in [2.75, 3.05) is 4.90 Å². The summed E-state index contributed by atoms with van der Waals surface area (Å²) in [6.45, 7) is 0. The van der Waals surface area contributed by atoms with Gasteiger partial charge in [-0.25, -0.2) is 0 Å². The highest BCUT2D eigenvalue weighted by molar-refractivity contribution is 7.80. The molecular formula is C30H26Cl3N5O2S. The second kappa shape index (κ2) is 13.9. The molecule has 2 amide bonds. The third kappa shape index (κ3) is 8.25. The lowest BCUT2D eigenvalue weighted by molar-refractivity contribution is -0.119. The van der Waals surface area contributed by atoms with Crippen LogP contribution in [0.5, 0.6) is 0 Å². The molecule has 4 rings (SSSR count). The minimum absolute atomic E-state index is 0.139. The maximum Gasteiger partial charge on any atom is 0.250 e. The number of carbonyl (C=O) groups excluding carboxylic acids is 2. The number of nitrogens with zero attached hydrogens (tertiary/aromatic N) is 2. The molecule has 3 aromatic carbocycles. The number of aromatic nitrogens is 1. The summed E-state index contributed by atoms with van der Waals surface area (Å²) in [5, 5.41) is 6.08. The molecule has 0 aliphatic rings. The monoisotopic (exact) mass is 625 g/mol. The number of nitrogens with two attached hydrogens (primary N) is 1. The van der Waals surface area contributed by atoms with Gasteiger partial charge in [-0.1, -0.05) is 114 Å². The summed E-state index contributed by atoms with van der Waals surface area (Å²) in [6, 6.07) is 26.6. The molecular weight excluding hydrogens is 601 g/mol. The minimum Gasteiger partial charge on any atom is -0.338 e. The molecule has 0 aliphatic heterocycles. The lowest BCUT2D eigenvalue weighted by Crippen LogP contribution is -2.60. The van der Waals surface area contributed by atoms with Crippen molar-refractivity contribution in [1.82, 2.24) is 15.6 Å². The van der Waals surface area contributed by atoms with E-state index >= 15 is 0 Å². The van der Waals surface area contributed by atoms with Gasteiger partial charge in [0.2, 0.25) is 9.70 Å². The van der Waals surface area contributed by atoms with Crippen molar-refractivity contribution in [2.45, 2.75) is 22.4 Å². The Morgan fingerprint density at radius 1 is 0.927 bits per heavy atom. The van der Waals surface area contributed by atoms with E-state index in [0.29, 0.717) is 11.2 Å². The Bertz CT molecular complexity index is 1540. The fourth-order valence-electron chi connectivity index (χ4n) is 4.03. The zero-order valence-corrected chi connectivity index (χ0v) is 24.7. The molecule has 0 saturated heterocycles. The molecule has 41 heavy (non-hydrogen) atoms. The van der Waals surface area contributed by atoms with E-state index in [1.54, 1.807) is 30.5 Å². The second-order valence-electron chi connectivity index (χ2n) is 9.00. The molecule has 11 heteroatoms. The lowest BCUT2D eigenvalue weighted by atomic mass is 10.0.